The third-order valence-corrected chi connectivity index (χ3v) is 3.04. The van der Waals surface area contributed by atoms with Gasteiger partial charge in [-0.1, -0.05) is 15.9 Å². The van der Waals surface area contributed by atoms with Gasteiger partial charge in [0, 0.05) is 30.4 Å². The molecule has 0 bridgehead atoms. The summed E-state index contributed by atoms with van der Waals surface area (Å²) in [5, 5.41) is 9.68. The number of methoxy groups -OCH3 is 1. The minimum absolute atomic E-state index is 0.467. The van der Waals surface area contributed by atoms with Crippen molar-refractivity contribution in [1.29, 1.82) is 0 Å². The SMILES string of the molecule is COCCCOCCOc1ccc(Br)cc1C(C)O. The van der Waals surface area contributed by atoms with E-state index in [0.29, 0.717) is 32.2 Å². The Labute approximate surface area is 122 Å². The summed E-state index contributed by atoms with van der Waals surface area (Å²) in [7, 11) is 1.67. The van der Waals surface area contributed by atoms with Gasteiger partial charge in [0.2, 0.25) is 0 Å². The van der Waals surface area contributed by atoms with Crippen molar-refractivity contribution in [3.8, 4) is 5.75 Å². The normalized spacial score (nSPS) is 12.4. The lowest BCUT2D eigenvalue weighted by atomic mass is 10.1. The number of aliphatic hydroxyl groups is 1. The van der Waals surface area contributed by atoms with E-state index >= 15 is 0 Å². The first kappa shape index (κ1) is 16.4. The van der Waals surface area contributed by atoms with E-state index in [4.69, 9.17) is 14.2 Å². The molecule has 0 aliphatic carbocycles. The Bertz CT molecular complexity index is 368. The summed E-state index contributed by atoms with van der Waals surface area (Å²) in [5.74, 6) is 0.693. The highest BCUT2D eigenvalue weighted by Crippen LogP contribution is 2.28. The number of benzene rings is 1. The second-order valence-electron chi connectivity index (χ2n) is 4.17. The van der Waals surface area contributed by atoms with E-state index in [1.807, 2.05) is 18.2 Å². The van der Waals surface area contributed by atoms with E-state index in [0.717, 1.165) is 16.5 Å². The van der Waals surface area contributed by atoms with Gasteiger partial charge in [-0.2, -0.15) is 0 Å². The lowest BCUT2D eigenvalue weighted by molar-refractivity contribution is 0.0795. The maximum atomic E-state index is 9.68. The first-order valence-corrected chi connectivity index (χ1v) is 7.11. The van der Waals surface area contributed by atoms with Gasteiger partial charge in [-0.05, 0) is 31.5 Å². The van der Waals surface area contributed by atoms with Gasteiger partial charge in [-0.15, -0.1) is 0 Å². The number of hydrogen-bond acceptors (Lipinski definition) is 4. The lowest BCUT2D eigenvalue weighted by Gasteiger charge is -2.14. The van der Waals surface area contributed by atoms with Crippen molar-refractivity contribution >= 4 is 15.9 Å². The minimum atomic E-state index is -0.560. The Balaban J connectivity index is 2.33. The lowest BCUT2D eigenvalue weighted by Crippen LogP contribution is -2.10. The first-order valence-electron chi connectivity index (χ1n) is 6.32. The smallest absolute Gasteiger partial charge is 0.125 e. The van der Waals surface area contributed by atoms with Gasteiger partial charge < -0.3 is 19.3 Å². The van der Waals surface area contributed by atoms with Crippen molar-refractivity contribution < 1.29 is 19.3 Å². The Kier molecular flexibility index (Phi) is 8.05. The van der Waals surface area contributed by atoms with Crippen LogP contribution in [0.5, 0.6) is 5.75 Å². The topological polar surface area (TPSA) is 47.9 Å². The van der Waals surface area contributed by atoms with E-state index in [1.54, 1.807) is 14.0 Å². The fraction of sp³-hybridized carbons (Fsp3) is 0.571. The average Bonchev–Trinajstić information content (AvgIpc) is 2.39. The van der Waals surface area contributed by atoms with Gasteiger partial charge >= 0.3 is 0 Å². The van der Waals surface area contributed by atoms with Crippen molar-refractivity contribution in [3.63, 3.8) is 0 Å². The number of rotatable bonds is 9. The summed E-state index contributed by atoms with van der Waals surface area (Å²) < 4.78 is 16.9. The molecule has 0 aliphatic rings. The predicted octanol–water partition coefficient (Wildman–Crippen LogP) is 2.93. The summed E-state index contributed by atoms with van der Waals surface area (Å²) in [6.45, 7) is 4.09. The molecule has 1 aromatic carbocycles. The van der Waals surface area contributed by atoms with Crippen LogP contribution in [0.15, 0.2) is 22.7 Å². The van der Waals surface area contributed by atoms with Crippen molar-refractivity contribution in [2.45, 2.75) is 19.4 Å². The molecule has 4 nitrogen and oxygen atoms in total. The minimum Gasteiger partial charge on any atom is -0.491 e. The molecule has 5 heteroatoms. The van der Waals surface area contributed by atoms with Crippen molar-refractivity contribution in [2.24, 2.45) is 0 Å². The molecular weight excluding hydrogens is 312 g/mol. The fourth-order valence-electron chi connectivity index (χ4n) is 1.60. The van der Waals surface area contributed by atoms with Crippen LogP contribution in [0.1, 0.15) is 25.0 Å². The Morgan fingerprint density at radius 3 is 2.68 bits per heavy atom. The molecule has 0 aliphatic heterocycles. The van der Waals surface area contributed by atoms with Crippen molar-refractivity contribution in [1.82, 2.24) is 0 Å². The second-order valence-corrected chi connectivity index (χ2v) is 5.08. The Hall–Kier alpha value is -0.620. The van der Waals surface area contributed by atoms with Crippen molar-refractivity contribution in [2.75, 3.05) is 33.5 Å². The summed E-state index contributed by atoms with van der Waals surface area (Å²) in [4.78, 5) is 0. The van der Waals surface area contributed by atoms with Gasteiger partial charge in [0.25, 0.3) is 0 Å². The van der Waals surface area contributed by atoms with E-state index in [9.17, 15) is 5.11 Å². The molecule has 108 valence electrons. The quantitative estimate of drug-likeness (QED) is 0.706. The molecule has 1 atom stereocenters. The van der Waals surface area contributed by atoms with Gasteiger partial charge in [-0.3, -0.25) is 0 Å². The molecular formula is C14H21BrO4. The molecule has 0 spiro atoms. The maximum Gasteiger partial charge on any atom is 0.125 e. The maximum absolute atomic E-state index is 9.68. The summed E-state index contributed by atoms with van der Waals surface area (Å²) in [6, 6.07) is 5.59. The van der Waals surface area contributed by atoms with Crippen molar-refractivity contribution in [3.05, 3.63) is 28.2 Å². The van der Waals surface area contributed by atoms with Crippen LogP contribution < -0.4 is 4.74 Å². The molecule has 0 saturated carbocycles. The van der Waals surface area contributed by atoms with Crippen LogP contribution in [0, 0.1) is 0 Å². The molecule has 0 radical (unpaired) electrons. The molecule has 0 aromatic heterocycles. The average molecular weight is 333 g/mol. The van der Waals surface area contributed by atoms with Gasteiger partial charge in [0.1, 0.15) is 12.4 Å². The monoisotopic (exact) mass is 332 g/mol. The standard InChI is InChI=1S/C14H21BrO4/c1-11(16)13-10-12(15)4-5-14(13)19-9-8-18-7-3-6-17-2/h4-5,10-11,16H,3,6-9H2,1-2H3. The second kappa shape index (κ2) is 9.31. The highest BCUT2D eigenvalue weighted by molar-refractivity contribution is 9.10. The molecule has 1 unspecified atom stereocenters. The molecule has 1 aromatic rings. The van der Waals surface area contributed by atoms with Crippen LogP contribution in [0.4, 0.5) is 0 Å². The van der Waals surface area contributed by atoms with Crippen LogP contribution >= 0.6 is 15.9 Å². The number of ether oxygens (including phenoxy) is 3. The zero-order valence-corrected chi connectivity index (χ0v) is 13.0. The fourth-order valence-corrected chi connectivity index (χ4v) is 1.97. The third kappa shape index (κ3) is 6.38. The Morgan fingerprint density at radius 1 is 1.21 bits per heavy atom. The highest BCUT2D eigenvalue weighted by Gasteiger charge is 2.09. The van der Waals surface area contributed by atoms with Gasteiger partial charge in [-0.25, -0.2) is 0 Å². The van der Waals surface area contributed by atoms with Crippen LogP contribution in [-0.4, -0.2) is 38.6 Å². The highest BCUT2D eigenvalue weighted by atomic mass is 79.9. The van der Waals surface area contributed by atoms with E-state index in [-0.39, 0.29) is 0 Å². The van der Waals surface area contributed by atoms with E-state index < -0.39 is 6.10 Å². The summed E-state index contributed by atoms with van der Waals surface area (Å²) in [5.41, 5.74) is 0.772. The number of halogens is 1. The predicted molar refractivity (Wildman–Crippen MR) is 77.6 cm³/mol. The van der Waals surface area contributed by atoms with Gasteiger partial charge in [0.05, 0.1) is 12.7 Å². The van der Waals surface area contributed by atoms with Crippen LogP contribution in [0.3, 0.4) is 0 Å². The largest absolute Gasteiger partial charge is 0.491 e. The van der Waals surface area contributed by atoms with Crippen LogP contribution in [0.2, 0.25) is 0 Å². The zero-order chi connectivity index (χ0) is 14.1. The van der Waals surface area contributed by atoms with E-state index in [2.05, 4.69) is 15.9 Å². The van der Waals surface area contributed by atoms with Crippen LogP contribution in [0.25, 0.3) is 0 Å². The molecule has 0 amide bonds. The molecule has 1 N–H and O–H groups in total. The van der Waals surface area contributed by atoms with Crippen LogP contribution in [-0.2, 0) is 9.47 Å². The summed E-state index contributed by atoms with van der Waals surface area (Å²) >= 11 is 3.38. The molecule has 0 saturated heterocycles. The molecule has 1 rings (SSSR count). The molecule has 0 heterocycles. The third-order valence-electron chi connectivity index (χ3n) is 2.54. The zero-order valence-electron chi connectivity index (χ0n) is 11.4. The Morgan fingerprint density at radius 2 is 2.00 bits per heavy atom. The summed E-state index contributed by atoms with van der Waals surface area (Å²) in [6.07, 6.45) is 0.323. The first-order chi connectivity index (χ1) is 9.15. The molecule has 19 heavy (non-hydrogen) atoms. The number of hydrogen-bond donors (Lipinski definition) is 1. The van der Waals surface area contributed by atoms with E-state index in [1.165, 1.54) is 0 Å². The van der Waals surface area contributed by atoms with Gasteiger partial charge in [0.15, 0.2) is 0 Å². The number of aliphatic hydroxyl groups excluding tert-OH is 1. The molecule has 0 fully saturated rings.